The van der Waals surface area contributed by atoms with Crippen LogP contribution in [0.3, 0.4) is 0 Å². The maximum atomic E-state index is 5.40. The lowest BCUT2D eigenvalue weighted by molar-refractivity contribution is 0.321. The van der Waals surface area contributed by atoms with E-state index in [1.54, 1.807) is 14.2 Å². The summed E-state index contributed by atoms with van der Waals surface area (Å²) >= 11 is 0. The Balaban J connectivity index is 0.00000385. The number of nitrogens with one attached hydrogen (secondary N) is 2. The van der Waals surface area contributed by atoms with Gasteiger partial charge in [-0.1, -0.05) is 0 Å². The van der Waals surface area contributed by atoms with Crippen LogP contribution in [0.1, 0.15) is 36.7 Å². The molecule has 1 saturated heterocycles. The van der Waals surface area contributed by atoms with Gasteiger partial charge < -0.3 is 20.1 Å². The van der Waals surface area contributed by atoms with Crippen LogP contribution in [0.4, 0.5) is 0 Å². The molecule has 0 amide bonds. The minimum atomic E-state index is 0. The maximum Gasteiger partial charge on any atom is 0.191 e. The quantitative estimate of drug-likeness (QED) is 0.198. The zero-order valence-electron chi connectivity index (χ0n) is 20.6. The molecule has 2 aromatic rings. The summed E-state index contributed by atoms with van der Waals surface area (Å²) in [6, 6.07) is 8.57. The summed E-state index contributed by atoms with van der Waals surface area (Å²) in [5.74, 6) is 2.56. The van der Waals surface area contributed by atoms with E-state index in [2.05, 4.69) is 57.4 Å². The Morgan fingerprint density at radius 1 is 1.15 bits per heavy atom. The summed E-state index contributed by atoms with van der Waals surface area (Å²) in [5, 5.41) is 11.5. The molecule has 8 nitrogen and oxygen atoms in total. The molecule has 1 aliphatic heterocycles. The number of benzene rings is 1. The van der Waals surface area contributed by atoms with Crippen LogP contribution < -0.4 is 20.1 Å². The molecule has 1 unspecified atom stereocenters. The van der Waals surface area contributed by atoms with Crippen molar-refractivity contribution in [1.29, 1.82) is 0 Å². The Morgan fingerprint density at radius 3 is 2.48 bits per heavy atom. The van der Waals surface area contributed by atoms with Crippen LogP contribution in [-0.4, -0.2) is 67.1 Å². The molecule has 9 heteroatoms. The second-order valence-corrected chi connectivity index (χ2v) is 8.35. The average Bonchev–Trinajstić information content (AvgIpc) is 3.35. The van der Waals surface area contributed by atoms with E-state index in [0.717, 1.165) is 75.3 Å². The lowest BCUT2D eigenvalue weighted by atomic mass is 10.2. The van der Waals surface area contributed by atoms with Gasteiger partial charge in [0.15, 0.2) is 5.96 Å². The number of aromatic nitrogens is 2. The van der Waals surface area contributed by atoms with Crippen molar-refractivity contribution in [3.8, 4) is 11.5 Å². The van der Waals surface area contributed by atoms with Gasteiger partial charge in [-0.25, -0.2) is 0 Å². The molecule has 1 fully saturated rings. The fourth-order valence-electron chi connectivity index (χ4n) is 4.14. The monoisotopic (exact) mass is 570 g/mol. The molecule has 1 aromatic carbocycles. The number of aryl methyl sites for hydroxylation is 3. The van der Waals surface area contributed by atoms with E-state index >= 15 is 0 Å². The number of aliphatic imine (C=N–C) groups is 1. The van der Waals surface area contributed by atoms with Crippen molar-refractivity contribution in [2.45, 2.75) is 52.7 Å². The third-order valence-electron chi connectivity index (χ3n) is 5.68. The van der Waals surface area contributed by atoms with Crippen molar-refractivity contribution in [2.24, 2.45) is 4.99 Å². The van der Waals surface area contributed by atoms with Gasteiger partial charge in [0.2, 0.25) is 0 Å². The third kappa shape index (κ3) is 8.37. The molecule has 0 aliphatic carbocycles. The molecule has 0 saturated carbocycles. The first kappa shape index (κ1) is 27.2. The summed E-state index contributed by atoms with van der Waals surface area (Å²) in [6.07, 6.45) is 2.06. The van der Waals surface area contributed by atoms with Crippen molar-refractivity contribution < 1.29 is 9.47 Å². The summed E-state index contributed by atoms with van der Waals surface area (Å²) < 4.78 is 12.9. The molecule has 184 valence electrons. The highest BCUT2D eigenvalue weighted by molar-refractivity contribution is 14.0. The van der Waals surface area contributed by atoms with Gasteiger partial charge in [-0.2, -0.15) is 5.10 Å². The number of halogens is 1. The second kappa shape index (κ2) is 13.6. The van der Waals surface area contributed by atoms with Gasteiger partial charge in [0.05, 0.1) is 19.9 Å². The summed E-state index contributed by atoms with van der Waals surface area (Å²) in [6.45, 7) is 11.7. The van der Waals surface area contributed by atoms with Gasteiger partial charge in [0.1, 0.15) is 11.5 Å². The number of nitrogens with zero attached hydrogens (tertiary/aromatic N) is 4. The van der Waals surface area contributed by atoms with Gasteiger partial charge in [-0.15, -0.1) is 24.0 Å². The molecule has 1 aliphatic rings. The summed E-state index contributed by atoms with van der Waals surface area (Å²) in [4.78, 5) is 7.24. The minimum Gasteiger partial charge on any atom is -0.497 e. The normalized spacial score (nSPS) is 16.4. The number of hydrogen-bond donors (Lipinski definition) is 2. The van der Waals surface area contributed by atoms with E-state index in [4.69, 9.17) is 14.5 Å². The zero-order valence-corrected chi connectivity index (χ0v) is 22.9. The van der Waals surface area contributed by atoms with Crippen molar-refractivity contribution in [1.82, 2.24) is 25.3 Å². The van der Waals surface area contributed by atoms with E-state index in [9.17, 15) is 0 Å². The first-order chi connectivity index (χ1) is 15.5. The van der Waals surface area contributed by atoms with Crippen molar-refractivity contribution in [3.05, 3.63) is 41.2 Å². The number of ether oxygens (including phenoxy) is 2. The average molecular weight is 571 g/mol. The number of rotatable bonds is 10. The molecule has 2 N–H and O–H groups in total. The lowest BCUT2D eigenvalue weighted by Gasteiger charge is -2.19. The summed E-state index contributed by atoms with van der Waals surface area (Å²) in [5.41, 5.74) is 3.47. The molecule has 2 heterocycles. The Hall–Kier alpha value is -2.01. The van der Waals surface area contributed by atoms with E-state index < -0.39 is 0 Å². The molecular weight excluding hydrogens is 531 g/mol. The lowest BCUT2D eigenvalue weighted by Crippen LogP contribution is -2.44. The molecule has 0 spiro atoms. The molecule has 1 atom stereocenters. The predicted molar refractivity (Wildman–Crippen MR) is 144 cm³/mol. The first-order valence-corrected chi connectivity index (χ1v) is 11.5. The SMILES string of the molecule is CCNC(=NCCCn1nc(C)cc1C)NC1CCN(Cc2cc(OC)cc(OC)c2)C1.I. The van der Waals surface area contributed by atoms with Gasteiger partial charge in [0.25, 0.3) is 0 Å². The Morgan fingerprint density at radius 2 is 1.88 bits per heavy atom. The topological polar surface area (TPSA) is 75.9 Å². The highest BCUT2D eigenvalue weighted by Gasteiger charge is 2.23. The fourth-order valence-corrected chi connectivity index (χ4v) is 4.14. The largest absolute Gasteiger partial charge is 0.497 e. The van der Waals surface area contributed by atoms with Crippen LogP contribution in [0.25, 0.3) is 0 Å². The second-order valence-electron chi connectivity index (χ2n) is 8.35. The van der Waals surface area contributed by atoms with Crippen LogP contribution in [0.15, 0.2) is 29.3 Å². The Labute approximate surface area is 215 Å². The van der Waals surface area contributed by atoms with Crippen molar-refractivity contribution >= 4 is 29.9 Å². The molecule has 0 bridgehead atoms. The highest BCUT2D eigenvalue weighted by atomic mass is 127. The van der Waals surface area contributed by atoms with Gasteiger partial charge >= 0.3 is 0 Å². The Kier molecular flexibility index (Phi) is 11.3. The first-order valence-electron chi connectivity index (χ1n) is 11.5. The van der Waals surface area contributed by atoms with Crippen LogP contribution in [0.5, 0.6) is 11.5 Å². The predicted octanol–water partition coefficient (Wildman–Crippen LogP) is 3.35. The highest BCUT2D eigenvalue weighted by Crippen LogP contribution is 2.24. The smallest absolute Gasteiger partial charge is 0.191 e. The minimum absolute atomic E-state index is 0. The van der Waals surface area contributed by atoms with Gasteiger partial charge in [-0.05, 0) is 57.4 Å². The van der Waals surface area contributed by atoms with Crippen LogP contribution >= 0.6 is 24.0 Å². The van der Waals surface area contributed by atoms with E-state index in [-0.39, 0.29) is 24.0 Å². The number of hydrogen-bond acceptors (Lipinski definition) is 5. The van der Waals surface area contributed by atoms with Crippen molar-refractivity contribution in [2.75, 3.05) is 40.4 Å². The standard InChI is InChI=1S/C24H38N6O2.HI/c1-6-25-24(26-9-7-10-30-19(3)12-18(2)28-30)27-21-8-11-29(17-21)16-20-13-22(31-4)15-23(14-20)32-5;/h12-15,21H,6-11,16-17H2,1-5H3,(H2,25,26,27);1H. The molecular formula is C24H39IN6O2. The van der Waals surface area contributed by atoms with Gasteiger partial charge in [0, 0.05) is 57.1 Å². The van der Waals surface area contributed by atoms with Gasteiger partial charge in [-0.3, -0.25) is 14.6 Å². The van der Waals surface area contributed by atoms with Crippen molar-refractivity contribution in [3.63, 3.8) is 0 Å². The van der Waals surface area contributed by atoms with E-state index in [1.807, 2.05) is 13.0 Å². The number of methoxy groups -OCH3 is 2. The third-order valence-corrected chi connectivity index (χ3v) is 5.68. The van der Waals surface area contributed by atoms with E-state index in [1.165, 1.54) is 11.3 Å². The number of likely N-dealkylation sites (tertiary alicyclic amines) is 1. The number of guanidine groups is 1. The van der Waals surface area contributed by atoms with Crippen LogP contribution in [-0.2, 0) is 13.1 Å². The van der Waals surface area contributed by atoms with Crippen LogP contribution in [0, 0.1) is 13.8 Å². The Bertz CT molecular complexity index is 879. The zero-order chi connectivity index (χ0) is 22.9. The fraction of sp³-hybridized carbons (Fsp3) is 0.583. The molecule has 3 rings (SSSR count). The van der Waals surface area contributed by atoms with E-state index in [0.29, 0.717) is 6.04 Å². The summed E-state index contributed by atoms with van der Waals surface area (Å²) in [7, 11) is 3.38. The maximum absolute atomic E-state index is 5.40. The molecule has 0 radical (unpaired) electrons. The van der Waals surface area contributed by atoms with Crippen LogP contribution in [0.2, 0.25) is 0 Å². The molecule has 1 aromatic heterocycles. The molecule has 33 heavy (non-hydrogen) atoms.